The molecular weight excluding hydrogens is 453 g/mol. The Morgan fingerprint density at radius 1 is 1.07 bits per heavy atom. The van der Waals surface area contributed by atoms with Gasteiger partial charge in [-0.05, 0) is 24.1 Å². The van der Waals surface area contributed by atoms with Crippen molar-refractivity contribution in [3.63, 3.8) is 0 Å². The number of nitrogens with one attached hydrogen (secondary N) is 1. The number of carboxylic acid groups (broad SMARTS) is 1. The zero-order valence-corrected chi connectivity index (χ0v) is 17.8. The summed E-state index contributed by atoms with van der Waals surface area (Å²) in [7, 11) is -3.89. The average Bonchev–Trinajstić information content (AvgIpc) is 2.61. The van der Waals surface area contributed by atoms with Crippen LogP contribution in [0.4, 0.5) is 0 Å². The summed E-state index contributed by atoms with van der Waals surface area (Å²) in [5.74, 6) is -0.665. The van der Waals surface area contributed by atoms with Gasteiger partial charge in [-0.25, -0.2) is 13.1 Å². The van der Waals surface area contributed by atoms with Crippen molar-refractivity contribution in [2.75, 3.05) is 12.3 Å². The Hall–Kier alpha value is -0.960. The molecule has 0 amide bonds. The number of carbonyl (C=O) groups is 1. The van der Waals surface area contributed by atoms with E-state index in [4.69, 9.17) is 34.8 Å². The summed E-state index contributed by atoms with van der Waals surface area (Å²) in [6.45, 7) is 0.0438. The van der Waals surface area contributed by atoms with Gasteiger partial charge in [-0.2, -0.15) is 0 Å². The Morgan fingerprint density at radius 2 is 1.70 bits per heavy atom. The van der Waals surface area contributed by atoms with E-state index in [1.54, 1.807) is 0 Å². The topological polar surface area (TPSA) is 83.5 Å². The van der Waals surface area contributed by atoms with E-state index < -0.39 is 21.2 Å². The van der Waals surface area contributed by atoms with Crippen LogP contribution in [0.5, 0.6) is 0 Å². The van der Waals surface area contributed by atoms with Crippen LogP contribution in [0.25, 0.3) is 0 Å². The molecule has 2 N–H and O–H groups in total. The summed E-state index contributed by atoms with van der Waals surface area (Å²) in [5, 5.41) is 8.87. The van der Waals surface area contributed by atoms with Crippen molar-refractivity contribution in [3.05, 3.63) is 63.1 Å². The number of halogens is 3. The summed E-state index contributed by atoms with van der Waals surface area (Å²) in [5.41, 5.74) is 0.903. The lowest BCUT2D eigenvalue weighted by Gasteiger charge is -2.13. The third-order valence-electron chi connectivity index (χ3n) is 3.52. The first-order valence-corrected chi connectivity index (χ1v) is 11.4. The van der Waals surface area contributed by atoms with Crippen molar-refractivity contribution in [2.24, 2.45) is 0 Å². The van der Waals surface area contributed by atoms with Crippen LogP contribution >= 0.6 is 46.6 Å². The molecule has 2 rings (SSSR count). The summed E-state index contributed by atoms with van der Waals surface area (Å²) in [6, 6.07) is 11.7. The van der Waals surface area contributed by atoms with E-state index >= 15 is 0 Å². The van der Waals surface area contributed by atoms with Crippen LogP contribution in [0.2, 0.25) is 15.1 Å². The number of hydrogen-bond donors (Lipinski definition) is 2. The molecule has 2 aromatic carbocycles. The molecule has 0 fully saturated rings. The molecule has 27 heavy (non-hydrogen) atoms. The predicted octanol–water partition coefficient (Wildman–Crippen LogP) is 4.35. The molecule has 0 aromatic heterocycles. The molecule has 5 nitrogen and oxygen atoms in total. The molecule has 0 aliphatic carbocycles. The minimum Gasteiger partial charge on any atom is -0.480 e. The zero-order chi connectivity index (χ0) is 20.0. The molecule has 0 heterocycles. The molecule has 0 saturated carbocycles. The predicted molar refractivity (Wildman–Crippen MR) is 111 cm³/mol. The molecule has 1 unspecified atom stereocenters. The highest BCUT2D eigenvalue weighted by Crippen LogP contribution is 2.31. The first-order chi connectivity index (χ1) is 12.7. The first kappa shape index (κ1) is 22.3. The van der Waals surface area contributed by atoms with Crippen molar-refractivity contribution in [3.8, 4) is 0 Å². The third kappa shape index (κ3) is 6.55. The minimum atomic E-state index is -3.89. The number of rotatable bonds is 9. The smallest absolute Gasteiger partial charge is 0.316 e. The lowest BCUT2D eigenvalue weighted by molar-refractivity contribution is -0.136. The SMILES string of the molecule is O=C(O)C(Cc1ccccc1)SCCNS(=O)(=O)c1cc(Cl)c(Cl)cc1Cl. The Morgan fingerprint density at radius 3 is 2.33 bits per heavy atom. The maximum atomic E-state index is 12.4. The zero-order valence-electron chi connectivity index (χ0n) is 13.9. The van der Waals surface area contributed by atoms with Crippen LogP contribution in [0.1, 0.15) is 5.56 Å². The number of thioether (sulfide) groups is 1. The average molecular weight is 469 g/mol. The maximum absolute atomic E-state index is 12.4. The van der Waals surface area contributed by atoms with Crippen LogP contribution in [0.15, 0.2) is 47.4 Å². The molecule has 0 aliphatic rings. The van der Waals surface area contributed by atoms with Gasteiger partial charge < -0.3 is 5.11 Å². The van der Waals surface area contributed by atoms with Crippen molar-refractivity contribution < 1.29 is 18.3 Å². The number of carboxylic acids is 1. The Balaban J connectivity index is 1.94. The number of sulfonamides is 1. The van der Waals surface area contributed by atoms with Crippen LogP contribution in [0.3, 0.4) is 0 Å². The number of benzene rings is 2. The lowest BCUT2D eigenvalue weighted by Crippen LogP contribution is -2.28. The molecule has 1 atom stereocenters. The monoisotopic (exact) mass is 467 g/mol. The molecule has 10 heteroatoms. The Kier molecular flexibility index (Phi) is 8.27. The van der Waals surface area contributed by atoms with E-state index in [0.29, 0.717) is 6.42 Å². The van der Waals surface area contributed by atoms with Crippen molar-refractivity contribution in [2.45, 2.75) is 16.6 Å². The van der Waals surface area contributed by atoms with Gasteiger partial charge in [-0.15, -0.1) is 11.8 Å². The fraction of sp³-hybridized carbons (Fsp3) is 0.235. The molecule has 0 saturated heterocycles. The van der Waals surface area contributed by atoms with Gasteiger partial charge in [0.1, 0.15) is 10.1 Å². The van der Waals surface area contributed by atoms with Crippen molar-refractivity contribution in [1.29, 1.82) is 0 Å². The fourth-order valence-corrected chi connectivity index (χ4v) is 5.33. The van der Waals surface area contributed by atoms with Gasteiger partial charge in [0.15, 0.2) is 0 Å². The largest absolute Gasteiger partial charge is 0.480 e. The summed E-state index contributed by atoms with van der Waals surface area (Å²) < 4.78 is 27.1. The molecule has 0 aliphatic heterocycles. The molecule has 0 bridgehead atoms. The summed E-state index contributed by atoms with van der Waals surface area (Å²) in [6.07, 6.45) is 0.353. The summed E-state index contributed by atoms with van der Waals surface area (Å²) in [4.78, 5) is 11.2. The molecule has 146 valence electrons. The number of hydrogen-bond acceptors (Lipinski definition) is 4. The van der Waals surface area contributed by atoms with E-state index in [2.05, 4.69) is 4.72 Å². The molecular formula is C17H16Cl3NO4S2. The first-order valence-electron chi connectivity index (χ1n) is 7.73. The third-order valence-corrected chi connectivity index (χ3v) is 7.38. The van der Waals surface area contributed by atoms with Crippen molar-refractivity contribution >= 4 is 62.6 Å². The van der Waals surface area contributed by atoms with Crippen molar-refractivity contribution in [1.82, 2.24) is 4.72 Å². The minimum absolute atomic E-state index is 0.0438. The molecule has 0 radical (unpaired) electrons. The van der Waals surface area contributed by atoms with Crippen LogP contribution < -0.4 is 4.72 Å². The van der Waals surface area contributed by atoms with Gasteiger partial charge in [-0.1, -0.05) is 65.1 Å². The normalized spacial score (nSPS) is 12.7. The van der Waals surface area contributed by atoms with Gasteiger partial charge in [0.05, 0.1) is 15.1 Å². The fourth-order valence-electron chi connectivity index (χ4n) is 2.21. The second kappa shape index (κ2) is 10.0. The van der Waals surface area contributed by atoms with Crippen LogP contribution in [0, 0.1) is 0 Å². The molecule has 0 spiro atoms. The standard InChI is InChI=1S/C17H16Cl3NO4S2/c18-12-9-14(20)16(10-13(12)19)27(24,25)21-6-7-26-15(17(22)23)8-11-4-2-1-3-5-11/h1-5,9-10,15,21H,6-8H2,(H,22,23). The van der Waals surface area contributed by atoms with E-state index in [1.807, 2.05) is 30.3 Å². The summed E-state index contributed by atoms with van der Waals surface area (Å²) >= 11 is 18.8. The van der Waals surface area contributed by atoms with Gasteiger partial charge >= 0.3 is 5.97 Å². The second-order valence-electron chi connectivity index (χ2n) is 5.48. The van der Waals surface area contributed by atoms with Gasteiger partial charge in [-0.3, -0.25) is 4.79 Å². The highest BCUT2D eigenvalue weighted by Gasteiger charge is 2.21. The van der Waals surface area contributed by atoms with E-state index in [-0.39, 0.29) is 32.3 Å². The van der Waals surface area contributed by atoms with E-state index in [0.717, 1.165) is 17.3 Å². The van der Waals surface area contributed by atoms with Crippen LogP contribution in [-0.4, -0.2) is 37.0 Å². The van der Waals surface area contributed by atoms with Gasteiger partial charge in [0.25, 0.3) is 0 Å². The van der Waals surface area contributed by atoms with Gasteiger partial charge in [0.2, 0.25) is 10.0 Å². The van der Waals surface area contributed by atoms with Crippen LogP contribution in [-0.2, 0) is 21.2 Å². The van der Waals surface area contributed by atoms with E-state index in [1.165, 1.54) is 12.1 Å². The quantitative estimate of drug-likeness (QED) is 0.422. The molecule has 2 aromatic rings. The lowest BCUT2D eigenvalue weighted by atomic mass is 10.1. The Labute approximate surface area is 177 Å². The van der Waals surface area contributed by atoms with Gasteiger partial charge in [0, 0.05) is 12.3 Å². The highest BCUT2D eigenvalue weighted by atomic mass is 35.5. The second-order valence-corrected chi connectivity index (χ2v) is 9.75. The van der Waals surface area contributed by atoms with E-state index in [9.17, 15) is 18.3 Å². The maximum Gasteiger partial charge on any atom is 0.316 e. The number of aliphatic carboxylic acids is 1. The highest BCUT2D eigenvalue weighted by molar-refractivity contribution is 8.00. The Bertz CT molecular complexity index is 908.